The quantitative estimate of drug-likeness (QED) is 0.0262. The van der Waals surface area contributed by atoms with Crippen molar-refractivity contribution in [3.05, 3.63) is 85.1 Å². The molecule has 0 aliphatic heterocycles. The molecule has 0 N–H and O–H groups in total. The Hall–Kier alpha value is -3.41. The predicted molar refractivity (Wildman–Crippen MR) is 288 cm³/mol. The predicted octanol–water partition coefficient (Wildman–Crippen LogP) is 18.8. The zero-order valence-electron chi connectivity index (χ0n) is 43.9. The Balaban J connectivity index is 4.49. The summed E-state index contributed by atoms with van der Waals surface area (Å²) < 4.78 is 16.7. The van der Waals surface area contributed by atoms with Gasteiger partial charge in [0.25, 0.3) is 0 Å². The normalized spacial score (nSPS) is 12.7. The number of carbonyl (C=O) groups excluding carboxylic acids is 3. The van der Waals surface area contributed by atoms with E-state index in [0.717, 1.165) is 83.5 Å². The third-order valence-corrected chi connectivity index (χ3v) is 11.9. The number of allylic oxidation sites excluding steroid dienone is 13. The Labute approximate surface area is 414 Å². The van der Waals surface area contributed by atoms with Crippen molar-refractivity contribution in [1.29, 1.82) is 0 Å². The number of unbranched alkanes of at least 4 members (excludes halogenated alkanes) is 26. The lowest BCUT2D eigenvalue weighted by Crippen LogP contribution is -2.30. The molecule has 0 rings (SSSR count). The van der Waals surface area contributed by atoms with Crippen LogP contribution in [0.25, 0.3) is 0 Å². The first-order valence-electron chi connectivity index (χ1n) is 28.1. The zero-order valence-corrected chi connectivity index (χ0v) is 43.9. The van der Waals surface area contributed by atoms with Crippen LogP contribution in [-0.4, -0.2) is 37.2 Å². The van der Waals surface area contributed by atoms with E-state index in [4.69, 9.17) is 14.2 Å². The van der Waals surface area contributed by atoms with E-state index in [-0.39, 0.29) is 31.6 Å². The fourth-order valence-corrected chi connectivity index (χ4v) is 7.68. The summed E-state index contributed by atoms with van der Waals surface area (Å²) in [5, 5.41) is 0. The molecule has 0 spiro atoms. The van der Waals surface area contributed by atoms with E-state index in [0.29, 0.717) is 12.8 Å². The molecule has 1 unspecified atom stereocenters. The van der Waals surface area contributed by atoms with Crippen LogP contribution >= 0.6 is 0 Å². The van der Waals surface area contributed by atoms with Crippen LogP contribution in [0.2, 0.25) is 0 Å². The standard InChI is InChI=1S/C61H104O6/c1-4-7-10-13-16-19-22-25-28-30-31-34-36-39-42-45-48-51-54-60(63)66-57-58(56-65-59(62)53-50-47-44-41-38-35-32-27-24-21-18-15-12-9-6-3)67-61(64)55-52-49-46-43-40-37-33-29-26-23-20-17-14-11-8-5-2/h9,12,18,21,27-30,32-33,38,41,47,50,58H,4-8,10-11,13-17,19-20,22-26,31,34-37,39-40,42-46,48-49,51-57H2,1-3H3/b12-9-,21-18-,30-28-,32-27-,33-29-,41-38-,50-47-. The summed E-state index contributed by atoms with van der Waals surface area (Å²) in [7, 11) is 0. The van der Waals surface area contributed by atoms with Crippen molar-refractivity contribution in [3.63, 3.8) is 0 Å². The van der Waals surface area contributed by atoms with Crippen LogP contribution < -0.4 is 0 Å². The van der Waals surface area contributed by atoms with Gasteiger partial charge in [0.05, 0.1) is 6.42 Å². The lowest BCUT2D eigenvalue weighted by molar-refractivity contribution is -0.166. The van der Waals surface area contributed by atoms with Crippen molar-refractivity contribution in [2.75, 3.05) is 13.2 Å². The number of carbonyl (C=O) groups is 3. The Morgan fingerprint density at radius 1 is 0.328 bits per heavy atom. The average molecular weight is 933 g/mol. The minimum atomic E-state index is -0.822. The Morgan fingerprint density at radius 2 is 0.642 bits per heavy atom. The van der Waals surface area contributed by atoms with Crippen molar-refractivity contribution < 1.29 is 28.6 Å². The van der Waals surface area contributed by atoms with E-state index >= 15 is 0 Å². The van der Waals surface area contributed by atoms with Gasteiger partial charge in [0.2, 0.25) is 0 Å². The molecule has 0 aromatic heterocycles. The molecule has 0 aromatic carbocycles. The number of ether oxygens (including phenoxy) is 3. The van der Waals surface area contributed by atoms with Gasteiger partial charge in [-0.25, -0.2) is 0 Å². The highest BCUT2D eigenvalue weighted by Crippen LogP contribution is 2.14. The van der Waals surface area contributed by atoms with Crippen LogP contribution in [0.4, 0.5) is 0 Å². The smallest absolute Gasteiger partial charge is 0.309 e. The molecule has 6 heteroatoms. The lowest BCUT2D eigenvalue weighted by atomic mass is 10.1. The highest BCUT2D eigenvalue weighted by Gasteiger charge is 2.19. The van der Waals surface area contributed by atoms with Gasteiger partial charge in [0, 0.05) is 12.8 Å². The molecule has 384 valence electrons. The first-order valence-corrected chi connectivity index (χ1v) is 28.1. The van der Waals surface area contributed by atoms with Crippen molar-refractivity contribution in [1.82, 2.24) is 0 Å². The van der Waals surface area contributed by atoms with Gasteiger partial charge in [-0.1, -0.05) is 234 Å². The molecule has 0 radical (unpaired) electrons. The first-order chi connectivity index (χ1) is 33.0. The molecule has 0 saturated carbocycles. The van der Waals surface area contributed by atoms with E-state index in [1.54, 1.807) is 6.08 Å². The largest absolute Gasteiger partial charge is 0.462 e. The maximum absolute atomic E-state index is 12.8. The van der Waals surface area contributed by atoms with E-state index < -0.39 is 12.1 Å². The Kier molecular flexibility index (Phi) is 52.4. The topological polar surface area (TPSA) is 78.9 Å². The number of esters is 3. The van der Waals surface area contributed by atoms with Crippen molar-refractivity contribution in [2.24, 2.45) is 0 Å². The van der Waals surface area contributed by atoms with Crippen molar-refractivity contribution in [2.45, 2.75) is 271 Å². The monoisotopic (exact) mass is 933 g/mol. The second kappa shape index (κ2) is 55.2. The Bertz CT molecular complexity index is 1300. The van der Waals surface area contributed by atoms with Crippen LogP contribution in [0.15, 0.2) is 85.1 Å². The number of hydrogen-bond acceptors (Lipinski definition) is 6. The van der Waals surface area contributed by atoms with Crippen LogP contribution in [0, 0.1) is 0 Å². The minimum absolute atomic E-state index is 0.112. The second-order valence-electron chi connectivity index (χ2n) is 18.5. The molecule has 67 heavy (non-hydrogen) atoms. The molecule has 0 saturated heterocycles. The van der Waals surface area contributed by atoms with Gasteiger partial charge in [-0.2, -0.15) is 0 Å². The number of hydrogen-bond donors (Lipinski definition) is 0. The second-order valence-corrected chi connectivity index (χ2v) is 18.5. The van der Waals surface area contributed by atoms with Gasteiger partial charge in [0.1, 0.15) is 13.2 Å². The molecule has 0 aliphatic rings. The maximum Gasteiger partial charge on any atom is 0.309 e. The summed E-state index contributed by atoms with van der Waals surface area (Å²) in [5.41, 5.74) is 0. The average Bonchev–Trinajstić information content (AvgIpc) is 3.33. The summed E-state index contributed by atoms with van der Waals surface area (Å²) in [5.74, 6) is -1.05. The lowest BCUT2D eigenvalue weighted by Gasteiger charge is -2.18. The highest BCUT2D eigenvalue weighted by atomic mass is 16.6. The summed E-state index contributed by atoms with van der Waals surface area (Å²) >= 11 is 0. The van der Waals surface area contributed by atoms with Crippen LogP contribution in [0.5, 0.6) is 0 Å². The summed E-state index contributed by atoms with van der Waals surface area (Å²) in [6, 6.07) is 0. The molecule has 1 atom stereocenters. The van der Waals surface area contributed by atoms with E-state index in [9.17, 15) is 14.4 Å². The molecular formula is C61H104O6. The SMILES string of the molecule is CC/C=C\C/C=C\C/C=C\C/C=C\C/C=C\CC(=O)OCC(COC(=O)CCCCCCCCC/C=C\CCCCCCCCC)OC(=O)CCCCCCC/C=C\CCCCCCCCC. The number of rotatable bonds is 50. The van der Waals surface area contributed by atoms with Gasteiger partial charge >= 0.3 is 17.9 Å². The maximum atomic E-state index is 12.8. The third-order valence-electron chi connectivity index (χ3n) is 11.9. The molecule has 0 aliphatic carbocycles. The Morgan fingerprint density at radius 3 is 1.03 bits per heavy atom. The molecule has 0 bridgehead atoms. The molecule has 0 aromatic rings. The summed E-state index contributed by atoms with van der Waals surface area (Å²) in [6.07, 6.45) is 71.7. The van der Waals surface area contributed by atoms with Crippen LogP contribution in [0.1, 0.15) is 265 Å². The van der Waals surface area contributed by atoms with E-state index in [1.807, 2.05) is 6.08 Å². The molecule has 0 amide bonds. The van der Waals surface area contributed by atoms with Crippen molar-refractivity contribution in [3.8, 4) is 0 Å². The van der Waals surface area contributed by atoms with Crippen LogP contribution in [0.3, 0.4) is 0 Å². The summed E-state index contributed by atoms with van der Waals surface area (Å²) in [4.78, 5) is 38.0. The van der Waals surface area contributed by atoms with Crippen LogP contribution in [-0.2, 0) is 28.6 Å². The van der Waals surface area contributed by atoms with Gasteiger partial charge in [-0.15, -0.1) is 0 Å². The summed E-state index contributed by atoms with van der Waals surface area (Å²) in [6.45, 7) is 6.43. The molecule has 0 heterocycles. The van der Waals surface area contributed by atoms with Gasteiger partial charge in [-0.05, 0) is 96.3 Å². The van der Waals surface area contributed by atoms with E-state index in [2.05, 4.69) is 93.7 Å². The van der Waals surface area contributed by atoms with Gasteiger partial charge in [-0.3, -0.25) is 14.4 Å². The minimum Gasteiger partial charge on any atom is -0.462 e. The van der Waals surface area contributed by atoms with Gasteiger partial charge < -0.3 is 14.2 Å². The molecular weight excluding hydrogens is 829 g/mol. The third kappa shape index (κ3) is 53.4. The highest BCUT2D eigenvalue weighted by molar-refractivity contribution is 5.72. The first kappa shape index (κ1) is 63.6. The zero-order chi connectivity index (χ0) is 48.6. The van der Waals surface area contributed by atoms with Gasteiger partial charge in [0.15, 0.2) is 6.10 Å². The fraction of sp³-hybridized carbons (Fsp3) is 0.721. The molecule has 0 fully saturated rings. The van der Waals surface area contributed by atoms with Crippen molar-refractivity contribution >= 4 is 17.9 Å². The fourth-order valence-electron chi connectivity index (χ4n) is 7.68. The van der Waals surface area contributed by atoms with E-state index in [1.165, 1.54) is 141 Å². The molecule has 6 nitrogen and oxygen atoms in total.